The van der Waals surface area contributed by atoms with Crippen LogP contribution in [0.1, 0.15) is 37.4 Å². The second kappa shape index (κ2) is 8.52. The van der Waals surface area contributed by atoms with Crippen molar-refractivity contribution in [3.05, 3.63) is 41.7 Å². The Morgan fingerprint density at radius 1 is 1.26 bits per heavy atom. The molecular weight excluding hydrogens is 377 g/mol. The lowest BCUT2D eigenvalue weighted by atomic mass is 9.85. The minimum absolute atomic E-state index is 0. The molecular formula is C19H26ClF3N4. The van der Waals surface area contributed by atoms with Crippen molar-refractivity contribution < 1.29 is 13.2 Å². The van der Waals surface area contributed by atoms with Crippen LogP contribution in [0.25, 0.3) is 0 Å². The van der Waals surface area contributed by atoms with Crippen molar-refractivity contribution in [1.29, 1.82) is 0 Å². The molecule has 1 N–H and O–H groups in total. The first-order chi connectivity index (χ1) is 12.2. The first-order valence-corrected chi connectivity index (χ1v) is 8.92. The molecule has 2 heterocycles. The van der Waals surface area contributed by atoms with Gasteiger partial charge in [0.25, 0.3) is 0 Å². The van der Waals surface area contributed by atoms with Gasteiger partial charge in [-0.15, -0.1) is 12.4 Å². The molecule has 0 saturated heterocycles. The number of benzene rings is 1. The van der Waals surface area contributed by atoms with Crippen LogP contribution in [0.5, 0.6) is 0 Å². The Morgan fingerprint density at radius 3 is 2.59 bits per heavy atom. The van der Waals surface area contributed by atoms with Crippen LogP contribution < -0.4 is 5.32 Å². The van der Waals surface area contributed by atoms with Crippen LogP contribution in [0.15, 0.2) is 30.6 Å². The number of nitrogens with zero attached hydrogens (tertiary/aromatic N) is 3. The van der Waals surface area contributed by atoms with E-state index in [1.807, 2.05) is 24.2 Å². The largest absolute Gasteiger partial charge is 0.390 e. The highest BCUT2D eigenvalue weighted by molar-refractivity contribution is 5.85. The molecule has 2 aromatic rings. The molecule has 0 fully saturated rings. The molecule has 3 rings (SSSR count). The maximum atomic E-state index is 12.7. The molecule has 4 nitrogen and oxygen atoms in total. The predicted octanol–water partition coefficient (Wildman–Crippen LogP) is 5.09. The number of aromatic nitrogens is 2. The van der Waals surface area contributed by atoms with E-state index in [9.17, 15) is 13.2 Å². The van der Waals surface area contributed by atoms with Gasteiger partial charge in [0.05, 0.1) is 18.3 Å². The highest BCUT2D eigenvalue weighted by Crippen LogP contribution is 2.38. The van der Waals surface area contributed by atoms with Crippen LogP contribution in [-0.2, 0) is 13.5 Å². The normalized spacial score (nSPS) is 17.5. The number of halogens is 4. The van der Waals surface area contributed by atoms with Crippen molar-refractivity contribution in [2.75, 3.05) is 18.4 Å². The molecule has 1 aliphatic rings. The number of anilines is 2. The minimum Gasteiger partial charge on any atom is -0.353 e. The summed E-state index contributed by atoms with van der Waals surface area (Å²) in [6, 6.07) is 6.18. The molecule has 8 heteroatoms. The first-order valence-electron chi connectivity index (χ1n) is 8.92. The summed E-state index contributed by atoms with van der Waals surface area (Å²) in [6.07, 6.45) is -0.474. The summed E-state index contributed by atoms with van der Waals surface area (Å²) < 4.78 is 39.8. The van der Waals surface area contributed by atoms with Gasteiger partial charge in [0.1, 0.15) is 0 Å². The molecule has 1 atom stereocenters. The van der Waals surface area contributed by atoms with Crippen molar-refractivity contribution in [1.82, 2.24) is 14.7 Å². The molecule has 0 radical (unpaired) electrons. The van der Waals surface area contributed by atoms with Gasteiger partial charge in [-0.3, -0.25) is 9.58 Å². The van der Waals surface area contributed by atoms with E-state index in [4.69, 9.17) is 0 Å². The van der Waals surface area contributed by atoms with Crippen molar-refractivity contribution in [3.8, 4) is 0 Å². The van der Waals surface area contributed by atoms with Crippen LogP contribution >= 0.6 is 12.4 Å². The SMILES string of the molecule is CC(C)C1c2cc(Nc3cnn(C)c3)ccc2CCN1CCC(F)(F)F.Cl. The molecule has 0 amide bonds. The van der Waals surface area contributed by atoms with Gasteiger partial charge in [-0.1, -0.05) is 19.9 Å². The molecule has 0 spiro atoms. The predicted molar refractivity (Wildman–Crippen MR) is 104 cm³/mol. The Kier molecular flexibility index (Phi) is 6.81. The number of hydrogen-bond acceptors (Lipinski definition) is 3. The van der Waals surface area contributed by atoms with Gasteiger partial charge in [0.2, 0.25) is 0 Å². The van der Waals surface area contributed by atoms with Crippen molar-refractivity contribution in [2.24, 2.45) is 13.0 Å². The van der Waals surface area contributed by atoms with Crippen LogP contribution in [-0.4, -0.2) is 33.9 Å². The first kappa shape index (κ1) is 21.6. The van der Waals surface area contributed by atoms with Crippen LogP contribution in [0.2, 0.25) is 0 Å². The summed E-state index contributed by atoms with van der Waals surface area (Å²) in [6.45, 7) is 4.86. The smallest absolute Gasteiger partial charge is 0.353 e. The second-order valence-electron chi connectivity index (χ2n) is 7.28. The average molecular weight is 403 g/mol. The van der Waals surface area contributed by atoms with Crippen LogP contribution in [0, 0.1) is 5.92 Å². The van der Waals surface area contributed by atoms with Gasteiger partial charge >= 0.3 is 6.18 Å². The third kappa shape index (κ3) is 5.39. The summed E-state index contributed by atoms with van der Waals surface area (Å²) in [5.74, 6) is 0.232. The van der Waals surface area contributed by atoms with E-state index < -0.39 is 12.6 Å². The number of aryl methyl sites for hydroxylation is 1. The monoisotopic (exact) mass is 402 g/mol. The molecule has 0 bridgehead atoms. The highest BCUT2D eigenvalue weighted by atomic mass is 35.5. The maximum absolute atomic E-state index is 12.7. The van der Waals surface area contributed by atoms with Crippen LogP contribution in [0.3, 0.4) is 0 Å². The van der Waals surface area contributed by atoms with Crippen LogP contribution in [0.4, 0.5) is 24.5 Å². The fourth-order valence-corrected chi connectivity index (χ4v) is 3.73. The minimum atomic E-state index is -4.12. The molecule has 1 aliphatic heterocycles. The number of nitrogens with one attached hydrogen (secondary N) is 1. The Bertz CT molecular complexity index is 758. The standard InChI is InChI=1S/C19H25F3N4.ClH/c1-13(2)18-17-10-15(24-16-11-23-25(3)12-16)5-4-14(17)6-8-26(18)9-7-19(20,21)22;/h4-5,10-13,18,24H,6-9H2,1-3H3;1H. The lowest BCUT2D eigenvalue weighted by Gasteiger charge is -2.40. The van der Waals surface area contributed by atoms with Gasteiger partial charge in [-0.05, 0) is 35.6 Å². The Hall–Kier alpha value is -1.73. The topological polar surface area (TPSA) is 33.1 Å². The number of alkyl halides is 3. The average Bonchev–Trinajstić information content (AvgIpc) is 2.96. The molecule has 1 aromatic heterocycles. The Labute approximate surface area is 164 Å². The zero-order valence-corrected chi connectivity index (χ0v) is 16.6. The summed E-state index contributed by atoms with van der Waals surface area (Å²) in [7, 11) is 1.85. The highest BCUT2D eigenvalue weighted by Gasteiger charge is 2.34. The van der Waals surface area contributed by atoms with E-state index in [0.717, 1.165) is 23.4 Å². The zero-order chi connectivity index (χ0) is 18.9. The van der Waals surface area contributed by atoms with E-state index in [1.54, 1.807) is 10.9 Å². The molecule has 0 aliphatic carbocycles. The van der Waals surface area contributed by atoms with Gasteiger partial charge in [0.15, 0.2) is 0 Å². The van der Waals surface area contributed by atoms with Crippen molar-refractivity contribution in [2.45, 2.75) is 38.9 Å². The zero-order valence-electron chi connectivity index (χ0n) is 15.8. The van der Waals surface area contributed by atoms with Gasteiger partial charge in [-0.25, -0.2) is 0 Å². The van der Waals surface area contributed by atoms with Gasteiger partial charge < -0.3 is 5.32 Å². The van der Waals surface area contributed by atoms with E-state index in [-0.39, 0.29) is 30.9 Å². The number of rotatable bonds is 5. The molecule has 27 heavy (non-hydrogen) atoms. The lowest BCUT2D eigenvalue weighted by Crippen LogP contribution is -2.40. The lowest BCUT2D eigenvalue weighted by molar-refractivity contribution is -0.140. The third-order valence-electron chi connectivity index (χ3n) is 4.83. The van der Waals surface area contributed by atoms with Gasteiger partial charge in [-0.2, -0.15) is 18.3 Å². The fourth-order valence-electron chi connectivity index (χ4n) is 3.73. The summed E-state index contributed by atoms with van der Waals surface area (Å²) >= 11 is 0. The second-order valence-corrected chi connectivity index (χ2v) is 7.28. The Balaban J connectivity index is 0.00000261. The number of fused-ring (bicyclic) bond motifs is 1. The summed E-state index contributed by atoms with van der Waals surface area (Å²) in [4.78, 5) is 1.98. The third-order valence-corrected chi connectivity index (χ3v) is 4.83. The summed E-state index contributed by atoms with van der Waals surface area (Å²) in [5.41, 5.74) is 4.17. The quantitative estimate of drug-likeness (QED) is 0.755. The molecule has 150 valence electrons. The Morgan fingerprint density at radius 2 is 2.00 bits per heavy atom. The number of hydrogen-bond donors (Lipinski definition) is 1. The van der Waals surface area contributed by atoms with E-state index in [2.05, 4.69) is 36.4 Å². The molecule has 0 saturated carbocycles. The summed E-state index contributed by atoms with van der Waals surface area (Å²) in [5, 5.41) is 7.47. The molecule has 1 aromatic carbocycles. The van der Waals surface area contributed by atoms with Crippen molar-refractivity contribution >= 4 is 23.8 Å². The van der Waals surface area contributed by atoms with E-state index in [1.165, 1.54) is 5.56 Å². The fraction of sp³-hybridized carbons (Fsp3) is 0.526. The van der Waals surface area contributed by atoms with Gasteiger partial charge in [0, 0.05) is 38.1 Å². The maximum Gasteiger partial charge on any atom is 0.390 e. The van der Waals surface area contributed by atoms with Crippen molar-refractivity contribution in [3.63, 3.8) is 0 Å². The van der Waals surface area contributed by atoms with E-state index >= 15 is 0 Å². The van der Waals surface area contributed by atoms with E-state index in [0.29, 0.717) is 6.54 Å². The molecule has 1 unspecified atom stereocenters.